The lowest BCUT2D eigenvalue weighted by Gasteiger charge is -2.30. The fourth-order valence-electron chi connectivity index (χ4n) is 4.25. The van der Waals surface area contributed by atoms with Crippen LogP contribution in [0.2, 0.25) is 0 Å². The number of rotatable bonds is 6. The minimum absolute atomic E-state index is 0.0918. The Morgan fingerprint density at radius 3 is 2.48 bits per heavy atom. The molecule has 0 atom stereocenters. The third kappa shape index (κ3) is 4.96. The quantitative estimate of drug-likeness (QED) is 0.592. The van der Waals surface area contributed by atoms with Crippen LogP contribution in [0, 0.1) is 6.92 Å². The van der Waals surface area contributed by atoms with E-state index in [1.54, 1.807) is 11.8 Å². The number of amides is 1. The van der Waals surface area contributed by atoms with Gasteiger partial charge in [0.25, 0.3) is 5.91 Å². The lowest BCUT2D eigenvalue weighted by molar-refractivity contribution is 0.0726. The molecule has 0 bridgehead atoms. The molecule has 0 aliphatic carbocycles. The summed E-state index contributed by atoms with van der Waals surface area (Å²) >= 11 is 0. The summed E-state index contributed by atoms with van der Waals surface area (Å²) < 4.78 is 5.99. The summed E-state index contributed by atoms with van der Waals surface area (Å²) in [5.74, 6) is -0.474. The molecule has 0 unspecified atom stereocenters. The molecule has 0 saturated heterocycles. The molecule has 1 aliphatic rings. The SMILES string of the molecule is Cc1c(O)cc(O)c(C(=O)N2CCc3ccc(CN(C)C)cc3C2)c1OCc1ccccc1. The molecule has 1 amide bonds. The Hall–Kier alpha value is -3.51. The number of aromatic hydroxyl groups is 2. The lowest BCUT2D eigenvalue weighted by Crippen LogP contribution is -2.36. The van der Waals surface area contributed by atoms with Crippen molar-refractivity contribution in [2.45, 2.75) is 33.0 Å². The van der Waals surface area contributed by atoms with Crippen LogP contribution in [-0.4, -0.2) is 46.6 Å². The van der Waals surface area contributed by atoms with Gasteiger partial charge in [-0.3, -0.25) is 4.79 Å². The molecular weight excluding hydrogens is 416 g/mol. The van der Waals surface area contributed by atoms with Crippen molar-refractivity contribution >= 4 is 5.91 Å². The highest BCUT2D eigenvalue weighted by Crippen LogP contribution is 2.39. The molecule has 0 fully saturated rings. The van der Waals surface area contributed by atoms with Gasteiger partial charge in [-0.15, -0.1) is 0 Å². The number of hydrogen-bond donors (Lipinski definition) is 2. The topological polar surface area (TPSA) is 73.2 Å². The van der Waals surface area contributed by atoms with Gasteiger partial charge in [0, 0.05) is 31.3 Å². The zero-order valence-electron chi connectivity index (χ0n) is 19.3. The summed E-state index contributed by atoms with van der Waals surface area (Å²) in [6, 6.07) is 17.2. The lowest BCUT2D eigenvalue weighted by atomic mass is 9.96. The van der Waals surface area contributed by atoms with Gasteiger partial charge in [0.15, 0.2) is 0 Å². The fourth-order valence-corrected chi connectivity index (χ4v) is 4.25. The third-order valence-corrected chi connectivity index (χ3v) is 5.99. The minimum Gasteiger partial charge on any atom is -0.507 e. The summed E-state index contributed by atoms with van der Waals surface area (Å²) in [5.41, 5.74) is 5.01. The third-order valence-electron chi connectivity index (χ3n) is 5.99. The van der Waals surface area contributed by atoms with Gasteiger partial charge in [0.1, 0.15) is 29.4 Å². The zero-order chi connectivity index (χ0) is 23.5. The van der Waals surface area contributed by atoms with Crippen molar-refractivity contribution in [2.75, 3.05) is 20.6 Å². The van der Waals surface area contributed by atoms with E-state index >= 15 is 0 Å². The highest BCUT2D eigenvalue weighted by Gasteiger charge is 2.29. The molecule has 4 rings (SSSR count). The number of phenols is 2. The van der Waals surface area contributed by atoms with Gasteiger partial charge >= 0.3 is 0 Å². The highest BCUT2D eigenvalue weighted by atomic mass is 16.5. The molecule has 1 aliphatic heterocycles. The van der Waals surface area contributed by atoms with Crippen molar-refractivity contribution in [2.24, 2.45) is 0 Å². The second-order valence-corrected chi connectivity index (χ2v) is 8.84. The maximum Gasteiger partial charge on any atom is 0.261 e. The van der Waals surface area contributed by atoms with Crippen LogP contribution in [0.4, 0.5) is 0 Å². The van der Waals surface area contributed by atoms with Crippen LogP contribution in [0.15, 0.2) is 54.6 Å². The molecule has 0 saturated carbocycles. The van der Waals surface area contributed by atoms with Gasteiger partial charge < -0.3 is 24.7 Å². The van der Waals surface area contributed by atoms with E-state index in [-0.39, 0.29) is 35.3 Å². The number of nitrogens with zero attached hydrogens (tertiary/aromatic N) is 2. The van der Waals surface area contributed by atoms with E-state index in [0.717, 1.165) is 24.1 Å². The molecule has 2 N–H and O–H groups in total. The zero-order valence-corrected chi connectivity index (χ0v) is 19.3. The van der Waals surface area contributed by atoms with Crippen molar-refractivity contribution in [1.29, 1.82) is 0 Å². The number of fused-ring (bicyclic) bond motifs is 1. The molecule has 3 aromatic carbocycles. The Kier molecular flexibility index (Phi) is 6.56. The van der Waals surface area contributed by atoms with Crippen LogP contribution in [0.25, 0.3) is 0 Å². The summed E-state index contributed by atoms with van der Waals surface area (Å²) in [4.78, 5) is 17.4. The van der Waals surface area contributed by atoms with E-state index in [2.05, 4.69) is 23.1 Å². The number of phenolic OH excluding ortho intramolecular Hbond substituents is 2. The van der Waals surface area contributed by atoms with E-state index in [9.17, 15) is 15.0 Å². The Balaban J connectivity index is 1.62. The summed E-state index contributed by atoms with van der Waals surface area (Å²) in [6.07, 6.45) is 0.751. The first-order valence-electron chi connectivity index (χ1n) is 11.1. The standard InChI is InChI=1S/C27H30N2O4/c1-18-23(30)14-24(31)25(26(18)33-17-19-7-5-4-6-8-19)27(32)29-12-11-21-10-9-20(15-28(2)3)13-22(21)16-29/h4-10,13-14,30-31H,11-12,15-17H2,1-3H3. The van der Waals surface area contributed by atoms with Crippen LogP contribution >= 0.6 is 0 Å². The van der Waals surface area contributed by atoms with Gasteiger partial charge in [-0.05, 0) is 49.7 Å². The highest BCUT2D eigenvalue weighted by molar-refractivity contribution is 6.00. The van der Waals surface area contributed by atoms with Gasteiger partial charge in [-0.25, -0.2) is 0 Å². The average Bonchev–Trinajstić information content (AvgIpc) is 2.80. The first-order valence-corrected chi connectivity index (χ1v) is 11.1. The predicted molar refractivity (Wildman–Crippen MR) is 128 cm³/mol. The molecule has 3 aromatic rings. The van der Waals surface area contributed by atoms with E-state index in [0.29, 0.717) is 18.7 Å². The van der Waals surface area contributed by atoms with Crippen LogP contribution < -0.4 is 4.74 Å². The Bertz CT molecular complexity index is 1160. The monoisotopic (exact) mass is 446 g/mol. The summed E-state index contributed by atoms with van der Waals surface area (Å²) in [5, 5.41) is 20.9. The summed E-state index contributed by atoms with van der Waals surface area (Å²) in [6.45, 7) is 3.76. The maximum atomic E-state index is 13.6. The van der Waals surface area contributed by atoms with Gasteiger partial charge in [0.2, 0.25) is 0 Å². The Labute approximate surface area is 194 Å². The van der Waals surface area contributed by atoms with Crippen LogP contribution in [0.3, 0.4) is 0 Å². The maximum absolute atomic E-state index is 13.6. The number of carbonyl (C=O) groups is 1. The van der Waals surface area contributed by atoms with Crippen LogP contribution in [0.1, 0.15) is 38.2 Å². The molecule has 33 heavy (non-hydrogen) atoms. The molecule has 6 heteroatoms. The predicted octanol–water partition coefficient (Wildman–Crippen LogP) is 4.25. The van der Waals surface area contributed by atoms with Crippen molar-refractivity contribution in [3.05, 3.63) is 88.0 Å². The first kappa shape index (κ1) is 22.7. The smallest absolute Gasteiger partial charge is 0.261 e. The largest absolute Gasteiger partial charge is 0.507 e. The first-order chi connectivity index (χ1) is 15.8. The molecular formula is C27H30N2O4. The van der Waals surface area contributed by atoms with Gasteiger partial charge in [-0.2, -0.15) is 0 Å². The molecule has 0 aromatic heterocycles. The minimum atomic E-state index is -0.303. The van der Waals surface area contributed by atoms with Gasteiger partial charge in [0.05, 0.1) is 0 Å². The molecule has 6 nitrogen and oxygen atoms in total. The van der Waals surface area contributed by atoms with Crippen molar-refractivity contribution in [3.8, 4) is 17.2 Å². The molecule has 1 heterocycles. The number of benzene rings is 3. The number of carbonyl (C=O) groups excluding carboxylic acids is 1. The Morgan fingerprint density at radius 2 is 1.76 bits per heavy atom. The van der Waals surface area contributed by atoms with E-state index in [1.807, 2.05) is 44.4 Å². The van der Waals surface area contributed by atoms with Crippen LogP contribution in [0.5, 0.6) is 17.2 Å². The van der Waals surface area contributed by atoms with Crippen LogP contribution in [-0.2, 0) is 26.1 Å². The van der Waals surface area contributed by atoms with E-state index in [1.165, 1.54) is 17.2 Å². The molecule has 0 radical (unpaired) electrons. The fraction of sp³-hybridized carbons (Fsp3) is 0.296. The Morgan fingerprint density at radius 1 is 1.00 bits per heavy atom. The number of hydrogen-bond acceptors (Lipinski definition) is 5. The second-order valence-electron chi connectivity index (χ2n) is 8.84. The summed E-state index contributed by atoms with van der Waals surface area (Å²) in [7, 11) is 4.06. The van der Waals surface area contributed by atoms with Crippen molar-refractivity contribution < 1.29 is 19.7 Å². The van der Waals surface area contributed by atoms with E-state index in [4.69, 9.17) is 4.74 Å². The second kappa shape index (κ2) is 9.55. The van der Waals surface area contributed by atoms with E-state index < -0.39 is 0 Å². The average molecular weight is 447 g/mol. The molecule has 0 spiro atoms. The van der Waals surface area contributed by atoms with Crippen molar-refractivity contribution in [1.82, 2.24) is 9.80 Å². The van der Waals surface area contributed by atoms with Crippen molar-refractivity contribution in [3.63, 3.8) is 0 Å². The molecule has 172 valence electrons. The number of ether oxygens (including phenoxy) is 1. The van der Waals surface area contributed by atoms with Gasteiger partial charge in [-0.1, -0.05) is 48.5 Å². The normalized spacial score (nSPS) is 13.2.